The van der Waals surface area contributed by atoms with E-state index in [1.165, 1.54) is 18.6 Å². The summed E-state index contributed by atoms with van der Waals surface area (Å²) < 4.78 is 20.3. The maximum absolute atomic E-state index is 10.1. The van der Waals surface area contributed by atoms with Gasteiger partial charge in [-0.05, 0) is 0 Å². The van der Waals surface area contributed by atoms with E-state index in [0.29, 0.717) is 0 Å². The Kier molecular flexibility index (Phi) is 1.74. The van der Waals surface area contributed by atoms with Crippen molar-refractivity contribution in [3.63, 3.8) is 0 Å². The van der Waals surface area contributed by atoms with Gasteiger partial charge < -0.3 is 0 Å². The Morgan fingerprint density at radius 1 is 1.33 bits per heavy atom. The minimum atomic E-state index is -2.57. The maximum atomic E-state index is 10.1. The molecule has 0 N–H and O–H groups in total. The summed E-state index contributed by atoms with van der Waals surface area (Å²) in [5.74, 6) is 0. The molecular weight excluding hydrogens is 140 g/mol. The van der Waals surface area contributed by atoms with Gasteiger partial charge in [0, 0.05) is 12.4 Å². The minimum Gasteiger partial charge on any atom is -0.260 e. The molecule has 0 aliphatic rings. The Labute approximate surface area is 53.5 Å². The molecule has 0 radical (unpaired) electrons. The predicted molar refractivity (Wildman–Crippen MR) is 30.6 cm³/mol. The predicted octanol–water partition coefficient (Wildman–Crippen LogP) is -0.553. The molecule has 0 atom stereocenters. The first-order chi connectivity index (χ1) is 4.30. The molecule has 0 bridgehead atoms. The average molecular weight is 144 g/mol. The first-order valence-corrected chi connectivity index (χ1v) is 3.39. The van der Waals surface area contributed by atoms with Crippen LogP contribution >= 0.6 is 0 Å². The highest BCUT2D eigenvalue weighted by Gasteiger charge is 1.90. The van der Waals surface area contributed by atoms with E-state index in [1.54, 1.807) is 0 Å². The van der Waals surface area contributed by atoms with Crippen molar-refractivity contribution in [1.29, 1.82) is 0 Å². The van der Waals surface area contributed by atoms with E-state index < -0.39 is 10.7 Å². The molecule has 0 fully saturated rings. The molecule has 1 aromatic rings. The maximum Gasteiger partial charge on any atom is 0.187 e. The molecular formula is C4H4N2O2S. The van der Waals surface area contributed by atoms with Gasteiger partial charge in [0.15, 0.2) is 15.7 Å². The van der Waals surface area contributed by atoms with Crippen molar-refractivity contribution < 1.29 is 8.42 Å². The highest BCUT2D eigenvalue weighted by molar-refractivity contribution is 7.72. The zero-order chi connectivity index (χ0) is 6.69. The summed E-state index contributed by atoms with van der Waals surface area (Å²) in [5.41, 5.74) is 0. The van der Waals surface area contributed by atoms with Crippen LogP contribution in [0.4, 0.5) is 0 Å². The van der Waals surface area contributed by atoms with Crippen LogP contribution in [0.5, 0.6) is 0 Å². The van der Waals surface area contributed by atoms with E-state index in [1.807, 2.05) is 0 Å². The molecule has 1 aromatic heterocycles. The topological polar surface area (TPSA) is 59.9 Å². The average Bonchev–Trinajstić information content (AvgIpc) is 1.90. The highest BCUT2D eigenvalue weighted by atomic mass is 32.2. The van der Waals surface area contributed by atoms with Gasteiger partial charge in [-0.15, -0.1) is 0 Å². The van der Waals surface area contributed by atoms with E-state index >= 15 is 0 Å². The molecule has 0 aromatic carbocycles. The second-order valence-corrected chi connectivity index (χ2v) is 2.29. The summed E-state index contributed by atoms with van der Waals surface area (Å²) in [6.07, 6.45) is 3.95. The van der Waals surface area contributed by atoms with Gasteiger partial charge in [0.2, 0.25) is 0 Å². The highest BCUT2D eigenvalue weighted by Crippen LogP contribution is 1.88. The zero-order valence-electron chi connectivity index (χ0n) is 4.39. The van der Waals surface area contributed by atoms with Crippen LogP contribution in [0.1, 0.15) is 0 Å². The normalized spacial score (nSPS) is 9.89. The second kappa shape index (κ2) is 2.54. The third-order valence-corrected chi connectivity index (χ3v) is 1.34. The molecule has 0 aliphatic heterocycles. The van der Waals surface area contributed by atoms with Crippen molar-refractivity contribution in [2.45, 2.75) is 5.03 Å². The zero-order valence-corrected chi connectivity index (χ0v) is 5.28. The van der Waals surface area contributed by atoms with Gasteiger partial charge in [0.05, 0.1) is 6.20 Å². The van der Waals surface area contributed by atoms with E-state index in [9.17, 15) is 8.42 Å². The van der Waals surface area contributed by atoms with Gasteiger partial charge in [-0.3, -0.25) is 4.98 Å². The summed E-state index contributed by atoms with van der Waals surface area (Å²) in [6.45, 7) is 0. The Balaban J connectivity index is 3.13. The monoisotopic (exact) mass is 144 g/mol. The number of hydrogen-bond donors (Lipinski definition) is 1. The van der Waals surface area contributed by atoms with Crippen molar-refractivity contribution in [3.05, 3.63) is 18.6 Å². The molecule has 5 heteroatoms. The fourth-order valence-corrected chi connectivity index (χ4v) is 0.707. The van der Waals surface area contributed by atoms with Crippen LogP contribution in [-0.4, -0.2) is 18.4 Å². The standard InChI is InChI=1S/C4H4N2O2S/c7-9(8)4-3-5-1-2-6-4/h1-3,9H. The van der Waals surface area contributed by atoms with E-state index in [4.69, 9.17) is 0 Å². The number of rotatable bonds is 1. The molecule has 48 valence electrons. The minimum absolute atomic E-state index is 0.00694. The fourth-order valence-electron chi connectivity index (χ4n) is 0.386. The lowest BCUT2D eigenvalue weighted by molar-refractivity contribution is 0.610. The first-order valence-electron chi connectivity index (χ1n) is 2.21. The third kappa shape index (κ3) is 1.46. The van der Waals surface area contributed by atoms with Gasteiger partial charge >= 0.3 is 0 Å². The van der Waals surface area contributed by atoms with Crippen LogP contribution in [0, 0.1) is 0 Å². The van der Waals surface area contributed by atoms with Crippen LogP contribution in [0.2, 0.25) is 0 Å². The van der Waals surface area contributed by atoms with Gasteiger partial charge in [-0.2, -0.15) is 0 Å². The summed E-state index contributed by atoms with van der Waals surface area (Å²) in [7, 11) is -2.57. The lowest BCUT2D eigenvalue weighted by Gasteiger charge is -1.82. The molecule has 1 heterocycles. The summed E-state index contributed by atoms with van der Waals surface area (Å²) in [5, 5.41) is 0.00694. The molecule has 1 rings (SSSR count). The summed E-state index contributed by atoms with van der Waals surface area (Å²) >= 11 is 0. The molecule has 9 heavy (non-hydrogen) atoms. The molecule has 0 spiro atoms. The van der Waals surface area contributed by atoms with Gasteiger partial charge in [0.1, 0.15) is 0 Å². The SMILES string of the molecule is O=[SH](=O)c1cnccn1. The quantitative estimate of drug-likeness (QED) is 0.537. The molecule has 0 amide bonds. The number of hydrogen-bond acceptors (Lipinski definition) is 4. The second-order valence-electron chi connectivity index (χ2n) is 1.32. The van der Waals surface area contributed by atoms with Gasteiger partial charge in [-0.1, -0.05) is 0 Å². The van der Waals surface area contributed by atoms with E-state index in [0.717, 1.165) is 0 Å². The van der Waals surface area contributed by atoms with Crippen LogP contribution in [-0.2, 0) is 10.7 Å². The summed E-state index contributed by atoms with van der Waals surface area (Å²) in [6, 6.07) is 0. The largest absolute Gasteiger partial charge is 0.260 e. The van der Waals surface area contributed by atoms with Gasteiger partial charge in [-0.25, -0.2) is 13.4 Å². The Hall–Kier alpha value is -0.970. The van der Waals surface area contributed by atoms with E-state index in [2.05, 4.69) is 9.97 Å². The molecule has 0 saturated heterocycles. The van der Waals surface area contributed by atoms with Crippen LogP contribution < -0.4 is 0 Å². The van der Waals surface area contributed by atoms with Crippen molar-refractivity contribution >= 4 is 10.7 Å². The third-order valence-electron chi connectivity index (χ3n) is 0.737. The number of nitrogens with zero attached hydrogens (tertiary/aromatic N) is 2. The van der Waals surface area contributed by atoms with Gasteiger partial charge in [0.25, 0.3) is 0 Å². The van der Waals surface area contributed by atoms with Crippen molar-refractivity contribution in [2.75, 3.05) is 0 Å². The smallest absolute Gasteiger partial charge is 0.187 e. The lowest BCUT2D eigenvalue weighted by atomic mass is 10.8. The van der Waals surface area contributed by atoms with E-state index in [-0.39, 0.29) is 5.03 Å². The first kappa shape index (κ1) is 6.15. The van der Waals surface area contributed by atoms with Crippen LogP contribution in [0.25, 0.3) is 0 Å². The van der Waals surface area contributed by atoms with Crippen molar-refractivity contribution in [3.8, 4) is 0 Å². The Morgan fingerprint density at radius 3 is 2.44 bits per heavy atom. The number of aromatic nitrogens is 2. The lowest BCUT2D eigenvalue weighted by Crippen LogP contribution is -1.85. The molecule has 4 nitrogen and oxygen atoms in total. The Morgan fingerprint density at radius 2 is 2.11 bits per heavy atom. The van der Waals surface area contributed by atoms with Crippen molar-refractivity contribution in [2.24, 2.45) is 0 Å². The fraction of sp³-hybridized carbons (Fsp3) is 0. The molecule has 0 unspecified atom stereocenters. The molecule has 0 saturated carbocycles. The van der Waals surface area contributed by atoms with Crippen LogP contribution in [0.15, 0.2) is 23.6 Å². The van der Waals surface area contributed by atoms with Crippen molar-refractivity contribution in [1.82, 2.24) is 9.97 Å². The summed E-state index contributed by atoms with van der Waals surface area (Å²) in [4.78, 5) is 7.08. The Bertz CT molecular complexity index is 249. The number of thiol groups is 1. The van der Waals surface area contributed by atoms with Crippen LogP contribution in [0.3, 0.4) is 0 Å². The molecule has 0 aliphatic carbocycles.